The molecule has 0 spiro atoms. The Labute approximate surface area is 102 Å². The number of pyridine rings is 1. The van der Waals surface area contributed by atoms with Gasteiger partial charge in [-0.1, -0.05) is 0 Å². The third kappa shape index (κ3) is 1.65. The van der Waals surface area contributed by atoms with Crippen molar-refractivity contribution in [3.63, 3.8) is 0 Å². The second kappa shape index (κ2) is 4.36. The first kappa shape index (κ1) is 11.9. The number of nitrogens with one attached hydrogen (secondary N) is 1. The number of aromatic hydroxyl groups is 1. The summed E-state index contributed by atoms with van der Waals surface area (Å²) in [5, 5.41) is 12.5. The van der Waals surface area contributed by atoms with Gasteiger partial charge in [0.25, 0.3) is 0 Å². The molecule has 2 aromatic heterocycles. The molecule has 18 heavy (non-hydrogen) atoms. The van der Waals surface area contributed by atoms with Crippen LogP contribution in [0.2, 0.25) is 0 Å². The minimum Gasteiger partial charge on any atom is -0.501 e. The average Bonchev–Trinajstić information content (AvgIpc) is 2.41. The molecule has 0 aromatic carbocycles. The smallest absolute Gasteiger partial charge is 0.360 e. The average molecular weight is 249 g/mol. The van der Waals surface area contributed by atoms with Crippen LogP contribution in [-0.2, 0) is 4.74 Å². The first-order valence-corrected chi connectivity index (χ1v) is 5.10. The molecule has 2 rings (SSSR count). The van der Waals surface area contributed by atoms with Crippen molar-refractivity contribution in [1.29, 1.82) is 0 Å². The highest BCUT2D eigenvalue weighted by atomic mass is 16.5. The molecule has 0 saturated carbocycles. The minimum atomic E-state index is -0.863. The lowest BCUT2D eigenvalue weighted by atomic mass is 10.3. The van der Waals surface area contributed by atoms with Crippen LogP contribution in [0.3, 0.4) is 0 Å². The Morgan fingerprint density at radius 2 is 2.28 bits per heavy atom. The van der Waals surface area contributed by atoms with Crippen molar-refractivity contribution in [2.45, 2.75) is 0 Å². The highest BCUT2D eigenvalue weighted by Crippen LogP contribution is 2.17. The Hall–Kier alpha value is -2.57. The third-order valence-corrected chi connectivity index (χ3v) is 2.48. The summed E-state index contributed by atoms with van der Waals surface area (Å²) >= 11 is 0. The first-order valence-electron chi connectivity index (χ1n) is 5.10. The van der Waals surface area contributed by atoms with E-state index in [1.54, 1.807) is 19.2 Å². The van der Waals surface area contributed by atoms with E-state index in [-0.39, 0.29) is 5.65 Å². The molecule has 2 heterocycles. The van der Waals surface area contributed by atoms with Crippen LogP contribution in [0.4, 0.5) is 5.69 Å². The molecule has 0 fully saturated rings. The summed E-state index contributed by atoms with van der Waals surface area (Å²) in [4.78, 5) is 27.2. The Morgan fingerprint density at radius 3 is 2.89 bits per heavy atom. The number of aromatic nitrogens is 2. The van der Waals surface area contributed by atoms with E-state index in [1.165, 1.54) is 6.20 Å². The summed E-state index contributed by atoms with van der Waals surface area (Å²) in [5.41, 5.74) is -0.328. The van der Waals surface area contributed by atoms with E-state index in [2.05, 4.69) is 15.0 Å². The van der Waals surface area contributed by atoms with Gasteiger partial charge in [0.1, 0.15) is 0 Å². The number of carbonyl (C=O) groups is 1. The number of carbonyl (C=O) groups excluding carboxylic acids is 1. The maximum Gasteiger partial charge on any atom is 0.360 e. The topological polar surface area (TPSA) is 92.9 Å². The van der Waals surface area contributed by atoms with E-state index in [0.29, 0.717) is 5.69 Å². The zero-order valence-electron chi connectivity index (χ0n) is 9.80. The number of hydrogen-bond acceptors (Lipinski definition) is 6. The lowest BCUT2D eigenvalue weighted by Crippen LogP contribution is -2.20. The van der Waals surface area contributed by atoms with E-state index < -0.39 is 23.0 Å². The van der Waals surface area contributed by atoms with Crippen molar-refractivity contribution < 1.29 is 14.6 Å². The lowest BCUT2D eigenvalue weighted by Gasteiger charge is -2.08. The fourth-order valence-corrected chi connectivity index (χ4v) is 1.59. The predicted octanol–water partition coefficient (Wildman–Crippen LogP) is 0.228. The van der Waals surface area contributed by atoms with Gasteiger partial charge in [0.05, 0.1) is 12.8 Å². The molecular weight excluding hydrogens is 238 g/mol. The molecule has 94 valence electrons. The van der Waals surface area contributed by atoms with Crippen LogP contribution in [0.15, 0.2) is 23.1 Å². The number of nitrogens with zero attached hydrogens (tertiary/aromatic N) is 2. The highest BCUT2D eigenvalue weighted by molar-refractivity contribution is 5.91. The van der Waals surface area contributed by atoms with Gasteiger partial charge in [0.15, 0.2) is 11.3 Å². The highest BCUT2D eigenvalue weighted by Gasteiger charge is 2.19. The molecule has 7 heteroatoms. The van der Waals surface area contributed by atoms with E-state index in [9.17, 15) is 14.7 Å². The molecular formula is C11H11N3O4. The van der Waals surface area contributed by atoms with Gasteiger partial charge in [-0.3, -0.25) is 9.20 Å². The molecule has 0 bridgehead atoms. The summed E-state index contributed by atoms with van der Waals surface area (Å²) < 4.78 is 5.61. The maximum absolute atomic E-state index is 11.9. The number of rotatable bonds is 2. The summed E-state index contributed by atoms with van der Waals surface area (Å²) in [6.07, 6.45) is 1.45. The second-order valence-corrected chi connectivity index (χ2v) is 3.47. The van der Waals surface area contributed by atoms with Gasteiger partial charge in [-0.15, -0.1) is 0 Å². The fourth-order valence-electron chi connectivity index (χ4n) is 1.59. The number of hydrogen-bond donors (Lipinski definition) is 2. The number of ether oxygens (including phenoxy) is 1. The number of anilines is 1. The van der Waals surface area contributed by atoms with Gasteiger partial charge < -0.3 is 15.2 Å². The van der Waals surface area contributed by atoms with Crippen LogP contribution < -0.4 is 10.9 Å². The lowest BCUT2D eigenvalue weighted by molar-refractivity contribution is 0.0590. The van der Waals surface area contributed by atoms with Crippen molar-refractivity contribution in [3.05, 3.63) is 34.4 Å². The molecule has 0 aliphatic heterocycles. The zero-order valence-corrected chi connectivity index (χ0v) is 9.80. The molecule has 0 aliphatic rings. The summed E-state index contributed by atoms with van der Waals surface area (Å²) in [6, 6.07) is 3.32. The van der Waals surface area contributed by atoms with Crippen LogP contribution in [0.25, 0.3) is 5.65 Å². The number of esters is 1. The molecule has 0 unspecified atom stereocenters. The van der Waals surface area contributed by atoms with E-state index >= 15 is 0 Å². The monoisotopic (exact) mass is 249 g/mol. The third-order valence-electron chi connectivity index (χ3n) is 2.48. The summed E-state index contributed by atoms with van der Waals surface area (Å²) in [5.74, 6) is -1.59. The number of methoxy groups -OCH3 is 1. The fraction of sp³-hybridized carbons (Fsp3) is 0.182. The van der Waals surface area contributed by atoms with E-state index in [1.807, 2.05) is 0 Å². The van der Waals surface area contributed by atoms with Gasteiger partial charge in [-0.2, -0.15) is 0 Å². The molecule has 0 aliphatic carbocycles. The molecule has 0 atom stereocenters. The largest absolute Gasteiger partial charge is 0.501 e. The normalized spacial score (nSPS) is 10.3. The van der Waals surface area contributed by atoms with Crippen LogP contribution in [0, 0.1) is 0 Å². The Kier molecular flexibility index (Phi) is 2.88. The molecule has 2 N–H and O–H groups in total. The van der Waals surface area contributed by atoms with Crippen LogP contribution in [0.1, 0.15) is 10.5 Å². The van der Waals surface area contributed by atoms with Crippen molar-refractivity contribution in [2.75, 3.05) is 19.5 Å². The number of fused-ring (bicyclic) bond motifs is 1. The molecule has 2 aromatic rings. The molecule has 0 radical (unpaired) electrons. The van der Waals surface area contributed by atoms with Crippen LogP contribution >= 0.6 is 0 Å². The Bertz CT molecular complexity index is 678. The quantitative estimate of drug-likeness (QED) is 0.740. The van der Waals surface area contributed by atoms with E-state index in [0.717, 1.165) is 11.5 Å². The van der Waals surface area contributed by atoms with Gasteiger partial charge >= 0.3 is 11.5 Å². The SMILES string of the molecule is CNc1cccn2c(=O)c(O)c(C(=O)OC)nc12. The standard InChI is InChI=1S/C11H11N3O4/c1-12-6-4-3-5-14-9(6)13-7(11(17)18-2)8(15)10(14)16/h3-5,12,15H,1-2H3. The predicted molar refractivity (Wildman–Crippen MR) is 64.0 cm³/mol. The van der Waals surface area contributed by atoms with Gasteiger partial charge in [0.2, 0.25) is 5.75 Å². The summed E-state index contributed by atoms with van der Waals surface area (Å²) in [6.45, 7) is 0. The second-order valence-electron chi connectivity index (χ2n) is 3.47. The van der Waals surface area contributed by atoms with Gasteiger partial charge in [0, 0.05) is 13.2 Å². The van der Waals surface area contributed by atoms with Crippen molar-refractivity contribution in [1.82, 2.24) is 9.38 Å². The van der Waals surface area contributed by atoms with Gasteiger partial charge in [-0.25, -0.2) is 9.78 Å². The zero-order chi connectivity index (χ0) is 13.3. The first-order chi connectivity index (χ1) is 8.60. The van der Waals surface area contributed by atoms with Crippen molar-refractivity contribution in [3.8, 4) is 5.75 Å². The van der Waals surface area contributed by atoms with Crippen LogP contribution in [-0.4, -0.2) is 34.6 Å². The maximum atomic E-state index is 11.9. The van der Waals surface area contributed by atoms with Crippen molar-refractivity contribution in [2.24, 2.45) is 0 Å². The molecule has 0 amide bonds. The molecule has 0 saturated heterocycles. The molecule has 7 nitrogen and oxygen atoms in total. The van der Waals surface area contributed by atoms with E-state index in [4.69, 9.17) is 0 Å². The minimum absolute atomic E-state index is 0.239. The Balaban J connectivity index is 2.89. The van der Waals surface area contributed by atoms with Crippen LogP contribution in [0.5, 0.6) is 5.75 Å². The Morgan fingerprint density at radius 1 is 1.56 bits per heavy atom. The van der Waals surface area contributed by atoms with Gasteiger partial charge in [-0.05, 0) is 12.1 Å². The summed E-state index contributed by atoms with van der Waals surface area (Å²) in [7, 11) is 2.81. The van der Waals surface area contributed by atoms with Crippen molar-refractivity contribution >= 4 is 17.3 Å².